The molecule has 0 radical (unpaired) electrons. The molecule has 24 heavy (non-hydrogen) atoms. The lowest BCUT2D eigenvalue weighted by Crippen LogP contribution is -2.19. The fourth-order valence-corrected chi connectivity index (χ4v) is 3.27. The number of aryl methyl sites for hydroxylation is 2. The highest BCUT2D eigenvalue weighted by Gasteiger charge is 2.15. The Kier molecular flexibility index (Phi) is 5.46. The van der Waals surface area contributed by atoms with Crippen LogP contribution in [0.25, 0.3) is 0 Å². The molecule has 6 nitrogen and oxygen atoms in total. The maximum absolute atomic E-state index is 12.3. The number of hydrogen-bond acceptors (Lipinski definition) is 5. The quantitative estimate of drug-likeness (QED) is 0.643. The molecule has 0 bridgehead atoms. The van der Waals surface area contributed by atoms with Gasteiger partial charge in [-0.3, -0.25) is 0 Å². The lowest BCUT2D eigenvalue weighted by atomic mass is 10.2. The minimum Gasteiger partial charge on any atom is -0.493 e. The molecule has 0 fully saturated rings. The van der Waals surface area contributed by atoms with Crippen molar-refractivity contribution in [1.29, 1.82) is 0 Å². The highest BCUT2D eigenvalue weighted by Crippen LogP contribution is 2.26. The fraction of sp³-hybridized carbons (Fsp3) is 0.235. The molecule has 0 saturated heterocycles. The minimum atomic E-state index is -3.71. The van der Waals surface area contributed by atoms with Gasteiger partial charge in [-0.15, -0.1) is 0 Å². The van der Waals surface area contributed by atoms with E-state index < -0.39 is 10.0 Å². The Labute approximate surface area is 142 Å². The Bertz CT molecular complexity index is 861. The second-order valence-corrected chi connectivity index (χ2v) is 6.87. The summed E-state index contributed by atoms with van der Waals surface area (Å²) in [6.45, 7) is 3.66. The first-order chi connectivity index (χ1) is 11.4. The maximum Gasteiger partial charge on any atom is 0.276 e. The van der Waals surface area contributed by atoms with E-state index in [0.717, 1.165) is 5.56 Å². The third-order valence-corrected chi connectivity index (χ3v) is 4.80. The third kappa shape index (κ3) is 4.05. The molecule has 2 rings (SSSR count). The molecular formula is C17H20N2O4S. The zero-order chi connectivity index (χ0) is 17.7. The van der Waals surface area contributed by atoms with E-state index >= 15 is 0 Å². The topological polar surface area (TPSA) is 77.0 Å². The van der Waals surface area contributed by atoms with Gasteiger partial charge in [0.05, 0.1) is 25.3 Å². The van der Waals surface area contributed by atoms with Crippen molar-refractivity contribution in [2.45, 2.75) is 18.7 Å². The van der Waals surface area contributed by atoms with Crippen LogP contribution in [0.15, 0.2) is 46.4 Å². The molecule has 7 heteroatoms. The summed E-state index contributed by atoms with van der Waals surface area (Å²) in [5.74, 6) is 1.13. The Hall–Kier alpha value is -2.54. The molecule has 2 aromatic carbocycles. The zero-order valence-electron chi connectivity index (χ0n) is 14.0. The van der Waals surface area contributed by atoms with Gasteiger partial charge in [0, 0.05) is 0 Å². The normalized spacial score (nSPS) is 11.5. The largest absolute Gasteiger partial charge is 0.493 e. The van der Waals surface area contributed by atoms with Crippen LogP contribution in [-0.2, 0) is 10.0 Å². The number of nitrogens with one attached hydrogen (secondary N) is 1. The van der Waals surface area contributed by atoms with Crippen molar-refractivity contribution in [3.8, 4) is 11.5 Å². The molecule has 2 aromatic rings. The Morgan fingerprint density at radius 1 is 1.00 bits per heavy atom. The van der Waals surface area contributed by atoms with Crippen LogP contribution in [-0.4, -0.2) is 28.9 Å². The zero-order valence-corrected chi connectivity index (χ0v) is 14.8. The van der Waals surface area contributed by atoms with Gasteiger partial charge >= 0.3 is 0 Å². The van der Waals surface area contributed by atoms with Gasteiger partial charge in [-0.25, -0.2) is 4.83 Å². The van der Waals surface area contributed by atoms with E-state index in [1.807, 2.05) is 13.0 Å². The standard InChI is InChI=1S/C17H20N2O4S/c1-12-5-8-17(13(2)9-12)24(20,21)19-18-11-14-6-7-15(22-3)16(10-14)23-4/h5-11,19H,1-4H3/b18-11+. The predicted molar refractivity (Wildman–Crippen MR) is 93.4 cm³/mol. The highest BCUT2D eigenvalue weighted by atomic mass is 32.2. The number of ether oxygens (including phenoxy) is 2. The van der Waals surface area contributed by atoms with Gasteiger partial charge in [-0.1, -0.05) is 17.7 Å². The first kappa shape index (κ1) is 17.8. The first-order valence-corrected chi connectivity index (χ1v) is 8.70. The number of hydrogen-bond donors (Lipinski definition) is 1. The number of hydrazone groups is 1. The van der Waals surface area contributed by atoms with Crippen LogP contribution >= 0.6 is 0 Å². The van der Waals surface area contributed by atoms with Crippen LogP contribution in [0.2, 0.25) is 0 Å². The van der Waals surface area contributed by atoms with E-state index in [2.05, 4.69) is 9.93 Å². The van der Waals surface area contributed by atoms with Crippen molar-refractivity contribution in [1.82, 2.24) is 4.83 Å². The summed E-state index contributed by atoms with van der Waals surface area (Å²) in [6.07, 6.45) is 1.41. The summed E-state index contributed by atoms with van der Waals surface area (Å²) < 4.78 is 35.0. The number of benzene rings is 2. The van der Waals surface area contributed by atoms with Gasteiger partial charge in [0.2, 0.25) is 0 Å². The van der Waals surface area contributed by atoms with Gasteiger partial charge in [-0.05, 0) is 49.2 Å². The van der Waals surface area contributed by atoms with Gasteiger partial charge in [-0.2, -0.15) is 13.5 Å². The Balaban J connectivity index is 2.18. The van der Waals surface area contributed by atoms with Crippen molar-refractivity contribution < 1.29 is 17.9 Å². The first-order valence-electron chi connectivity index (χ1n) is 7.21. The summed E-state index contributed by atoms with van der Waals surface area (Å²) in [5.41, 5.74) is 2.35. The molecule has 0 aliphatic rings. The second-order valence-electron chi connectivity index (χ2n) is 5.24. The van der Waals surface area contributed by atoms with E-state index in [-0.39, 0.29) is 4.90 Å². The summed E-state index contributed by atoms with van der Waals surface area (Å²) in [7, 11) is -0.636. The van der Waals surface area contributed by atoms with Gasteiger partial charge in [0.1, 0.15) is 0 Å². The molecular weight excluding hydrogens is 328 g/mol. The smallest absolute Gasteiger partial charge is 0.276 e. The number of rotatable bonds is 6. The van der Waals surface area contributed by atoms with Crippen LogP contribution in [0.1, 0.15) is 16.7 Å². The van der Waals surface area contributed by atoms with E-state index in [4.69, 9.17) is 9.47 Å². The highest BCUT2D eigenvalue weighted by molar-refractivity contribution is 7.89. The van der Waals surface area contributed by atoms with Crippen molar-refractivity contribution >= 4 is 16.2 Å². The van der Waals surface area contributed by atoms with Crippen LogP contribution in [0.5, 0.6) is 11.5 Å². The van der Waals surface area contributed by atoms with E-state index in [0.29, 0.717) is 22.6 Å². The van der Waals surface area contributed by atoms with Gasteiger partial charge in [0.25, 0.3) is 10.0 Å². The molecule has 0 heterocycles. The molecule has 1 N–H and O–H groups in total. The minimum absolute atomic E-state index is 0.206. The lowest BCUT2D eigenvalue weighted by Gasteiger charge is -2.08. The third-order valence-electron chi connectivity index (χ3n) is 3.41. The summed E-state index contributed by atoms with van der Waals surface area (Å²) in [5, 5.41) is 3.82. The van der Waals surface area contributed by atoms with Crippen LogP contribution in [0.4, 0.5) is 0 Å². The Morgan fingerprint density at radius 3 is 2.33 bits per heavy atom. The molecule has 0 aromatic heterocycles. The average molecular weight is 348 g/mol. The monoisotopic (exact) mass is 348 g/mol. The fourth-order valence-electron chi connectivity index (χ4n) is 2.25. The summed E-state index contributed by atoms with van der Waals surface area (Å²) >= 11 is 0. The average Bonchev–Trinajstić information content (AvgIpc) is 2.54. The van der Waals surface area contributed by atoms with Gasteiger partial charge < -0.3 is 9.47 Å². The van der Waals surface area contributed by atoms with Crippen molar-refractivity contribution in [2.75, 3.05) is 14.2 Å². The summed E-state index contributed by atoms with van der Waals surface area (Å²) in [4.78, 5) is 2.43. The summed E-state index contributed by atoms with van der Waals surface area (Å²) in [6, 6.07) is 10.3. The number of methoxy groups -OCH3 is 2. The van der Waals surface area contributed by atoms with Crippen molar-refractivity contribution in [2.24, 2.45) is 5.10 Å². The lowest BCUT2D eigenvalue weighted by molar-refractivity contribution is 0.355. The number of sulfonamides is 1. The predicted octanol–water partition coefficient (Wildman–Crippen LogP) is 2.63. The van der Waals surface area contributed by atoms with Crippen LogP contribution in [0.3, 0.4) is 0 Å². The molecule has 0 unspecified atom stereocenters. The molecule has 0 atom stereocenters. The second kappa shape index (κ2) is 7.35. The van der Waals surface area contributed by atoms with Crippen molar-refractivity contribution in [3.05, 3.63) is 53.1 Å². The molecule has 0 saturated carbocycles. The Morgan fingerprint density at radius 2 is 1.71 bits per heavy atom. The van der Waals surface area contributed by atoms with Crippen molar-refractivity contribution in [3.63, 3.8) is 0 Å². The maximum atomic E-state index is 12.3. The molecule has 0 aliphatic carbocycles. The van der Waals surface area contributed by atoms with E-state index in [1.54, 1.807) is 44.4 Å². The van der Waals surface area contributed by atoms with E-state index in [1.165, 1.54) is 13.3 Å². The SMILES string of the molecule is COc1ccc(/C=N/NS(=O)(=O)c2ccc(C)cc2C)cc1OC. The molecule has 0 aliphatic heterocycles. The molecule has 128 valence electrons. The van der Waals surface area contributed by atoms with Gasteiger partial charge in [0.15, 0.2) is 11.5 Å². The van der Waals surface area contributed by atoms with Crippen LogP contribution in [0, 0.1) is 13.8 Å². The van der Waals surface area contributed by atoms with E-state index in [9.17, 15) is 8.42 Å². The molecule has 0 amide bonds. The number of nitrogens with zero attached hydrogens (tertiary/aromatic N) is 1. The van der Waals surface area contributed by atoms with Crippen LogP contribution < -0.4 is 14.3 Å². The molecule has 0 spiro atoms.